The van der Waals surface area contributed by atoms with Crippen LogP contribution >= 0.6 is 11.8 Å². The third-order valence-electron chi connectivity index (χ3n) is 2.98. The molecule has 1 aliphatic rings. The molecule has 1 atom stereocenters. The second-order valence-electron chi connectivity index (χ2n) is 4.51. The summed E-state index contributed by atoms with van der Waals surface area (Å²) in [5, 5.41) is 9.12. The Morgan fingerprint density at radius 3 is 3.00 bits per heavy atom. The van der Waals surface area contributed by atoms with Gasteiger partial charge in [-0.05, 0) is 24.6 Å². The number of nitrogens with zero attached hydrogens (tertiary/aromatic N) is 1. The lowest BCUT2D eigenvalue weighted by Gasteiger charge is -2.20. The van der Waals surface area contributed by atoms with E-state index in [1.807, 2.05) is 6.92 Å². The van der Waals surface area contributed by atoms with Crippen LogP contribution in [-0.4, -0.2) is 46.2 Å². The Kier molecular flexibility index (Phi) is 4.89. The number of benzene rings is 1. The van der Waals surface area contributed by atoms with Crippen molar-refractivity contribution in [1.29, 1.82) is 0 Å². The molecule has 0 radical (unpaired) electrons. The van der Waals surface area contributed by atoms with Crippen LogP contribution in [0.4, 0.5) is 0 Å². The highest BCUT2D eigenvalue weighted by atomic mass is 32.2. The quantitative estimate of drug-likeness (QED) is 0.901. The first-order valence-corrected chi connectivity index (χ1v) is 7.63. The van der Waals surface area contributed by atoms with Gasteiger partial charge in [0.2, 0.25) is 0 Å². The number of aliphatic carboxylic acids is 1. The Labute approximate surface area is 121 Å². The zero-order valence-corrected chi connectivity index (χ0v) is 12.1. The van der Waals surface area contributed by atoms with E-state index in [4.69, 9.17) is 9.84 Å². The first kappa shape index (κ1) is 14.7. The molecule has 108 valence electrons. The van der Waals surface area contributed by atoms with Crippen LogP contribution in [0.1, 0.15) is 23.7 Å². The van der Waals surface area contributed by atoms with E-state index in [2.05, 4.69) is 0 Å². The van der Waals surface area contributed by atoms with Crippen molar-refractivity contribution in [3.05, 3.63) is 29.8 Å². The monoisotopic (exact) mass is 295 g/mol. The third-order valence-corrected chi connectivity index (χ3v) is 3.99. The van der Waals surface area contributed by atoms with Crippen molar-refractivity contribution in [3.63, 3.8) is 0 Å². The molecular weight excluding hydrogens is 278 g/mol. The summed E-state index contributed by atoms with van der Waals surface area (Å²) in [5.74, 6) is 0.269. The molecule has 1 N–H and O–H groups in total. The summed E-state index contributed by atoms with van der Waals surface area (Å²) in [6.45, 7) is 2.60. The number of carbonyl (C=O) groups is 2. The predicted octanol–water partition coefficient (Wildman–Crippen LogP) is 2.08. The number of thioether (sulfide) groups is 1. The molecule has 0 aromatic heterocycles. The molecule has 1 unspecified atom stereocenters. The minimum Gasteiger partial charge on any atom is -0.494 e. The van der Waals surface area contributed by atoms with Crippen LogP contribution in [0.3, 0.4) is 0 Å². The van der Waals surface area contributed by atoms with E-state index < -0.39 is 12.0 Å². The lowest BCUT2D eigenvalue weighted by molar-refractivity contribution is -0.140. The molecule has 5 nitrogen and oxygen atoms in total. The second-order valence-corrected chi connectivity index (χ2v) is 5.50. The zero-order valence-electron chi connectivity index (χ0n) is 11.2. The van der Waals surface area contributed by atoms with Crippen molar-refractivity contribution >= 4 is 23.6 Å². The van der Waals surface area contributed by atoms with Gasteiger partial charge < -0.3 is 14.7 Å². The molecule has 1 aromatic carbocycles. The van der Waals surface area contributed by atoms with Crippen LogP contribution in [0.5, 0.6) is 5.75 Å². The Morgan fingerprint density at radius 2 is 2.30 bits per heavy atom. The SMILES string of the molecule is CCCOc1cccc(C(=O)N2CSCC2C(=O)O)c1. The molecule has 1 amide bonds. The van der Waals surface area contributed by atoms with Crippen LogP contribution < -0.4 is 4.74 Å². The predicted molar refractivity (Wildman–Crippen MR) is 77.1 cm³/mol. The van der Waals surface area contributed by atoms with E-state index in [1.54, 1.807) is 24.3 Å². The van der Waals surface area contributed by atoms with Gasteiger partial charge in [0.1, 0.15) is 11.8 Å². The van der Waals surface area contributed by atoms with E-state index in [-0.39, 0.29) is 5.91 Å². The second kappa shape index (κ2) is 6.65. The molecule has 20 heavy (non-hydrogen) atoms. The zero-order chi connectivity index (χ0) is 14.5. The number of rotatable bonds is 5. The van der Waals surface area contributed by atoms with Gasteiger partial charge in [0.15, 0.2) is 0 Å². The van der Waals surface area contributed by atoms with Crippen molar-refractivity contribution in [2.75, 3.05) is 18.2 Å². The molecule has 1 aromatic rings. The van der Waals surface area contributed by atoms with Crippen LogP contribution in [0.2, 0.25) is 0 Å². The van der Waals surface area contributed by atoms with Crippen LogP contribution in [0, 0.1) is 0 Å². The van der Waals surface area contributed by atoms with Crippen LogP contribution in [0.15, 0.2) is 24.3 Å². The van der Waals surface area contributed by atoms with Gasteiger partial charge in [-0.2, -0.15) is 0 Å². The van der Waals surface area contributed by atoms with Crippen molar-refractivity contribution < 1.29 is 19.4 Å². The third kappa shape index (κ3) is 3.25. The number of carbonyl (C=O) groups excluding carboxylic acids is 1. The highest BCUT2D eigenvalue weighted by Gasteiger charge is 2.35. The summed E-state index contributed by atoms with van der Waals surface area (Å²) in [6.07, 6.45) is 0.891. The number of carboxylic acid groups (broad SMARTS) is 1. The Morgan fingerprint density at radius 1 is 1.50 bits per heavy atom. The molecule has 1 fully saturated rings. The maximum atomic E-state index is 12.4. The molecule has 1 aliphatic heterocycles. The maximum Gasteiger partial charge on any atom is 0.327 e. The van der Waals surface area contributed by atoms with Gasteiger partial charge in [0.25, 0.3) is 5.91 Å². The summed E-state index contributed by atoms with van der Waals surface area (Å²) in [7, 11) is 0. The van der Waals surface area contributed by atoms with Gasteiger partial charge in [0, 0.05) is 11.3 Å². The van der Waals surface area contributed by atoms with Gasteiger partial charge in [-0.3, -0.25) is 4.79 Å². The van der Waals surface area contributed by atoms with Gasteiger partial charge in [-0.25, -0.2) is 4.79 Å². The summed E-state index contributed by atoms with van der Waals surface area (Å²) in [4.78, 5) is 24.9. The molecule has 0 spiro atoms. The highest BCUT2D eigenvalue weighted by Crippen LogP contribution is 2.24. The Balaban J connectivity index is 2.14. The minimum atomic E-state index is -0.957. The fraction of sp³-hybridized carbons (Fsp3) is 0.429. The normalized spacial score (nSPS) is 18.1. The maximum absolute atomic E-state index is 12.4. The summed E-state index contributed by atoms with van der Waals surface area (Å²) < 4.78 is 5.49. The van der Waals surface area contributed by atoms with E-state index >= 15 is 0 Å². The van der Waals surface area contributed by atoms with Crippen molar-refractivity contribution in [2.24, 2.45) is 0 Å². The van der Waals surface area contributed by atoms with Crippen LogP contribution in [0.25, 0.3) is 0 Å². The highest BCUT2D eigenvalue weighted by molar-refractivity contribution is 7.99. The van der Waals surface area contributed by atoms with E-state index in [0.717, 1.165) is 6.42 Å². The first-order valence-electron chi connectivity index (χ1n) is 6.48. The van der Waals surface area contributed by atoms with E-state index in [0.29, 0.717) is 29.5 Å². The molecule has 2 rings (SSSR count). The number of hydrogen-bond donors (Lipinski definition) is 1. The minimum absolute atomic E-state index is 0.260. The fourth-order valence-electron chi connectivity index (χ4n) is 1.95. The number of carboxylic acids is 1. The topological polar surface area (TPSA) is 66.8 Å². The molecule has 0 saturated carbocycles. The average molecular weight is 295 g/mol. The average Bonchev–Trinajstić information content (AvgIpc) is 2.94. The van der Waals surface area contributed by atoms with Gasteiger partial charge in [-0.15, -0.1) is 11.8 Å². The number of amides is 1. The van der Waals surface area contributed by atoms with E-state index in [9.17, 15) is 9.59 Å². The number of ether oxygens (including phenoxy) is 1. The van der Waals surface area contributed by atoms with E-state index in [1.165, 1.54) is 16.7 Å². The lowest BCUT2D eigenvalue weighted by atomic mass is 10.1. The molecule has 6 heteroatoms. The molecular formula is C14H17NO4S. The number of hydrogen-bond acceptors (Lipinski definition) is 4. The summed E-state index contributed by atoms with van der Waals surface area (Å²) in [5.41, 5.74) is 0.465. The van der Waals surface area contributed by atoms with Gasteiger partial charge in [-0.1, -0.05) is 13.0 Å². The van der Waals surface area contributed by atoms with Crippen molar-refractivity contribution in [1.82, 2.24) is 4.90 Å². The molecule has 0 aliphatic carbocycles. The summed E-state index contributed by atoms with van der Waals surface area (Å²) >= 11 is 1.45. The fourth-order valence-corrected chi connectivity index (χ4v) is 3.10. The smallest absolute Gasteiger partial charge is 0.327 e. The molecule has 0 bridgehead atoms. The largest absolute Gasteiger partial charge is 0.494 e. The van der Waals surface area contributed by atoms with Crippen molar-refractivity contribution in [3.8, 4) is 5.75 Å². The summed E-state index contributed by atoms with van der Waals surface area (Å²) in [6, 6.07) is 6.15. The van der Waals surface area contributed by atoms with Gasteiger partial charge >= 0.3 is 5.97 Å². The Hall–Kier alpha value is -1.69. The first-order chi connectivity index (χ1) is 9.63. The standard InChI is InChI=1S/C14H17NO4S/c1-2-6-19-11-5-3-4-10(7-11)13(16)15-9-20-8-12(15)14(17)18/h3-5,7,12H,2,6,8-9H2,1H3,(H,17,18). The lowest BCUT2D eigenvalue weighted by Crippen LogP contribution is -2.41. The van der Waals surface area contributed by atoms with Gasteiger partial charge in [0.05, 0.1) is 12.5 Å². The van der Waals surface area contributed by atoms with Crippen LogP contribution in [-0.2, 0) is 4.79 Å². The molecule has 1 saturated heterocycles. The molecule has 1 heterocycles. The van der Waals surface area contributed by atoms with Crippen molar-refractivity contribution in [2.45, 2.75) is 19.4 Å². The Bertz CT molecular complexity index is 506.